The Morgan fingerprint density at radius 3 is 2.36 bits per heavy atom. The number of aliphatic hydroxyl groups excluding tert-OH is 1. The number of nitrogens with zero attached hydrogens (tertiary/aromatic N) is 1. The fourth-order valence-corrected chi connectivity index (χ4v) is 5.34. The number of rotatable bonds is 4. The molecule has 22 heavy (non-hydrogen) atoms. The lowest BCUT2D eigenvalue weighted by Gasteiger charge is -2.58. The van der Waals surface area contributed by atoms with Crippen LogP contribution in [0.2, 0.25) is 18.1 Å². The van der Waals surface area contributed by atoms with E-state index in [1.165, 1.54) is 0 Å². The number of hydrogen-bond donors (Lipinski definition) is 1. The molecule has 0 radical (unpaired) electrons. The lowest BCUT2D eigenvalue weighted by molar-refractivity contribution is -0.147. The second-order valence-electron chi connectivity index (χ2n) is 7.20. The fourth-order valence-electron chi connectivity index (χ4n) is 2.58. The molecule has 1 aliphatic heterocycles. The molecule has 2 atom stereocenters. The van der Waals surface area contributed by atoms with Crippen molar-refractivity contribution in [3.8, 4) is 21.7 Å². The van der Waals surface area contributed by atoms with Crippen LogP contribution in [0.3, 0.4) is 0 Å². The summed E-state index contributed by atoms with van der Waals surface area (Å²) < 4.78 is 5.06. The average molecular weight is 431 g/mol. The molecule has 1 aliphatic rings. The van der Waals surface area contributed by atoms with E-state index in [0.717, 1.165) is 6.42 Å². The quantitative estimate of drug-likeness (QED) is 0.321. The van der Waals surface area contributed by atoms with E-state index in [1.807, 2.05) is 22.6 Å². The number of carbonyl (C=O) groups is 1. The molecular weight excluding hydrogens is 405 g/mol. The standard InChI is InChI=1S/C17H26INO2Si/c1-17(2,3)22(4,5)19-15(11-9-12-18)14(16(19)21)10-7-6-8-13-20/h14-15,20H,8,10-11,13H2,1-5H3/t14-,15-/m0/s1. The van der Waals surface area contributed by atoms with Crippen LogP contribution in [0.5, 0.6) is 0 Å². The summed E-state index contributed by atoms with van der Waals surface area (Å²) in [6.07, 6.45) is 1.79. The summed E-state index contributed by atoms with van der Waals surface area (Å²) in [5.41, 5.74) is 0. The maximum absolute atomic E-state index is 12.7. The van der Waals surface area contributed by atoms with Gasteiger partial charge in [-0.3, -0.25) is 4.79 Å². The summed E-state index contributed by atoms with van der Waals surface area (Å²) in [5, 5.41) is 8.90. The first kappa shape index (κ1) is 19.5. The summed E-state index contributed by atoms with van der Waals surface area (Å²) in [6.45, 7) is 11.3. The highest BCUT2D eigenvalue weighted by molar-refractivity contribution is 14.1. The molecule has 1 saturated heterocycles. The van der Waals surface area contributed by atoms with Crippen LogP contribution >= 0.6 is 22.6 Å². The monoisotopic (exact) mass is 431 g/mol. The molecule has 3 nitrogen and oxygen atoms in total. The molecule has 1 heterocycles. The summed E-state index contributed by atoms with van der Waals surface area (Å²) in [7, 11) is -1.87. The number of hydrogen-bond acceptors (Lipinski definition) is 2. The molecular formula is C17H26INO2Si. The van der Waals surface area contributed by atoms with Gasteiger partial charge in [-0.25, -0.2) is 0 Å². The van der Waals surface area contributed by atoms with E-state index in [-0.39, 0.29) is 29.5 Å². The maximum Gasteiger partial charge on any atom is 0.221 e. The van der Waals surface area contributed by atoms with Crippen molar-refractivity contribution in [3.05, 3.63) is 0 Å². The van der Waals surface area contributed by atoms with Gasteiger partial charge in [0.1, 0.15) is 0 Å². The summed E-state index contributed by atoms with van der Waals surface area (Å²) in [4.78, 5) is 12.7. The van der Waals surface area contributed by atoms with E-state index in [2.05, 4.69) is 60.1 Å². The topological polar surface area (TPSA) is 40.5 Å². The van der Waals surface area contributed by atoms with Gasteiger partial charge < -0.3 is 9.67 Å². The normalized spacial score (nSPS) is 21.4. The summed E-state index contributed by atoms with van der Waals surface area (Å²) >= 11 is 2.05. The molecule has 0 aromatic rings. The average Bonchev–Trinajstić information content (AvgIpc) is 2.41. The number of carbonyl (C=O) groups excluding carboxylic acids is 1. The van der Waals surface area contributed by atoms with Crippen molar-refractivity contribution in [2.75, 3.05) is 6.61 Å². The van der Waals surface area contributed by atoms with E-state index in [0.29, 0.717) is 12.8 Å². The molecule has 0 unspecified atom stereocenters. The molecule has 0 aliphatic carbocycles. The lowest BCUT2D eigenvalue weighted by Crippen LogP contribution is -2.72. The van der Waals surface area contributed by atoms with Crippen LogP contribution in [0.4, 0.5) is 0 Å². The van der Waals surface area contributed by atoms with E-state index in [4.69, 9.17) is 5.11 Å². The Labute approximate surface area is 149 Å². The Kier molecular flexibility index (Phi) is 6.98. The zero-order valence-electron chi connectivity index (χ0n) is 14.2. The summed E-state index contributed by atoms with van der Waals surface area (Å²) in [5.74, 6) is 9.31. The Balaban J connectivity index is 2.93. The largest absolute Gasteiger partial charge is 0.395 e. The van der Waals surface area contributed by atoms with Gasteiger partial charge in [-0.2, -0.15) is 0 Å². The molecule has 0 aromatic heterocycles. The van der Waals surface area contributed by atoms with Gasteiger partial charge in [0.05, 0.1) is 12.5 Å². The molecule has 0 spiro atoms. The van der Waals surface area contributed by atoms with E-state index in [1.54, 1.807) is 0 Å². The van der Waals surface area contributed by atoms with Gasteiger partial charge in [-0.1, -0.05) is 39.8 Å². The number of aliphatic hydroxyl groups is 1. The van der Waals surface area contributed by atoms with Crippen LogP contribution in [-0.4, -0.2) is 36.5 Å². The molecule has 0 aromatic carbocycles. The van der Waals surface area contributed by atoms with Crippen molar-refractivity contribution in [2.24, 2.45) is 5.92 Å². The minimum atomic E-state index is -1.87. The first-order chi connectivity index (χ1) is 10.2. The molecule has 122 valence electrons. The zero-order valence-corrected chi connectivity index (χ0v) is 17.3. The van der Waals surface area contributed by atoms with Crippen molar-refractivity contribution < 1.29 is 9.90 Å². The van der Waals surface area contributed by atoms with Crippen LogP contribution in [0, 0.1) is 27.6 Å². The highest BCUT2D eigenvalue weighted by atomic mass is 127. The molecule has 1 N–H and O–H groups in total. The maximum atomic E-state index is 12.7. The SMILES string of the molecule is CC(C)(C)[Si](C)(C)N1C(=O)[C@@H](CC#CCCO)[C@@H]1CC#CI. The van der Waals surface area contributed by atoms with Crippen LogP contribution < -0.4 is 0 Å². The highest BCUT2D eigenvalue weighted by Crippen LogP contribution is 2.46. The third kappa shape index (κ3) is 4.07. The number of β-lactam (4-membered cyclic amide) rings is 1. The van der Waals surface area contributed by atoms with Crippen molar-refractivity contribution in [1.29, 1.82) is 0 Å². The fraction of sp³-hybridized carbons (Fsp3) is 0.706. The van der Waals surface area contributed by atoms with Gasteiger partial charge in [0, 0.05) is 47.9 Å². The summed E-state index contributed by atoms with van der Waals surface area (Å²) in [6, 6.07) is 0.194. The molecule has 0 bridgehead atoms. The highest BCUT2D eigenvalue weighted by Gasteiger charge is 2.56. The smallest absolute Gasteiger partial charge is 0.221 e. The number of halogens is 1. The Morgan fingerprint density at radius 2 is 1.86 bits per heavy atom. The van der Waals surface area contributed by atoms with Gasteiger partial charge in [-0.05, 0) is 8.97 Å². The van der Waals surface area contributed by atoms with Crippen molar-refractivity contribution in [1.82, 2.24) is 4.57 Å². The predicted octanol–water partition coefficient (Wildman–Crippen LogP) is 3.38. The van der Waals surface area contributed by atoms with Crippen molar-refractivity contribution in [3.63, 3.8) is 0 Å². The first-order valence-electron chi connectivity index (χ1n) is 7.66. The Hall–Kier alpha value is -0.503. The van der Waals surface area contributed by atoms with Gasteiger partial charge in [0.15, 0.2) is 8.24 Å². The third-order valence-corrected chi connectivity index (χ3v) is 10.7. The minimum absolute atomic E-state index is 0.0300. The van der Waals surface area contributed by atoms with Crippen molar-refractivity contribution in [2.45, 2.75) is 64.2 Å². The molecule has 1 amide bonds. The van der Waals surface area contributed by atoms with Gasteiger partial charge in [-0.15, -0.1) is 11.8 Å². The van der Waals surface area contributed by atoms with Crippen LogP contribution in [0.25, 0.3) is 0 Å². The predicted molar refractivity (Wildman–Crippen MR) is 102 cm³/mol. The van der Waals surface area contributed by atoms with E-state index < -0.39 is 8.24 Å². The first-order valence-corrected chi connectivity index (χ1v) is 11.7. The van der Waals surface area contributed by atoms with Crippen LogP contribution in [0.1, 0.15) is 40.0 Å². The van der Waals surface area contributed by atoms with Gasteiger partial charge >= 0.3 is 0 Å². The minimum Gasteiger partial charge on any atom is -0.395 e. The Morgan fingerprint density at radius 1 is 1.23 bits per heavy atom. The zero-order chi connectivity index (χ0) is 17.0. The van der Waals surface area contributed by atoms with Crippen LogP contribution in [0.15, 0.2) is 0 Å². The van der Waals surface area contributed by atoms with Gasteiger partial charge in [0.2, 0.25) is 5.91 Å². The second-order valence-corrected chi connectivity index (χ2v) is 12.8. The lowest BCUT2D eigenvalue weighted by atomic mass is 9.85. The second kappa shape index (κ2) is 7.85. The van der Waals surface area contributed by atoms with Crippen molar-refractivity contribution >= 4 is 36.7 Å². The Bertz CT molecular complexity index is 531. The van der Waals surface area contributed by atoms with Crippen LogP contribution in [-0.2, 0) is 4.79 Å². The molecule has 1 rings (SSSR count). The third-order valence-electron chi connectivity index (χ3n) is 4.85. The van der Waals surface area contributed by atoms with E-state index in [9.17, 15) is 4.79 Å². The van der Waals surface area contributed by atoms with Gasteiger partial charge in [0.25, 0.3) is 0 Å². The molecule has 5 heteroatoms. The molecule has 0 saturated carbocycles. The van der Waals surface area contributed by atoms with E-state index >= 15 is 0 Å². The number of amides is 1. The molecule has 1 fully saturated rings.